The first-order chi connectivity index (χ1) is 13.2. The highest BCUT2D eigenvalue weighted by Gasteiger charge is 2.21. The number of aliphatic hydroxyl groups is 1. The van der Waals surface area contributed by atoms with Crippen LogP contribution >= 0.6 is 24.0 Å². The second-order valence-electron chi connectivity index (χ2n) is 7.02. The van der Waals surface area contributed by atoms with Crippen molar-refractivity contribution < 1.29 is 9.90 Å². The minimum atomic E-state index is 0. The first kappa shape index (κ1) is 24.7. The molecule has 1 atom stereocenters. The highest BCUT2D eigenvalue weighted by Crippen LogP contribution is 2.26. The monoisotopic (exact) mass is 502 g/mol. The number of aliphatic imine (C=N–C) groups is 1. The summed E-state index contributed by atoms with van der Waals surface area (Å²) in [5.41, 5.74) is 2.25. The maximum atomic E-state index is 12.7. The number of nitrogens with one attached hydrogen (secondary N) is 2. The molecule has 0 bridgehead atoms. The van der Waals surface area contributed by atoms with E-state index in [0.717, 1.165) is 57.4 Å². The van der Waals surface area contributed by atoms with Crippen LogP contribution < -0.4 is 15.5 Å². The van der Waals surface area contributed by atoms with Gasteiger partial charge in [0.25, 0.3) is 0 Å². The van der Waals surface area contributed by atoms with Gasteiger partial charge in [-0.3, -0.25) is 4.79 Å². The van der Waals surface area contributed by atoms with Crippen LogP contribution in [0.1, 0.15) is 45.1 Å². The third-order valence-electron chi connectivity index (χ3n) is 4.92. The van der Waals surface area contributed by atoms with Crippen LogP contribution in [0, 0.1) is 5.92 Å². The summed E-state index contributed by atoms with van der Waals surface area (Å²) in [6.07, 6.45) is 4.95. The molecule has 158 valence electrons. The summed E-state index contributed by atoms with van der Waals surface area (Å²) in [5, 5.41) is 15.7. The number of guanidine groups is 1. The van der Waals surface area contributed by atoms with E-state index in [2.05, 4.69) is 28.6 Å². The van der Waals surface area contributed by atoms with Crippen molar-refractivity contribution in [2.24, 2.45) is 10.9 Å². The molecule has 3 N–H and O–H groups in total. The number of nitrogens with zero attached hydrogens (tertiary/aromatic N) is 2. The Labute approximate surface area is 186 Å². The van der Waals surface area contributed by atoms with Gasteiger partial charge in [0.2, 0.25) is 5.91 Å². The van der Waals surface area contributed by atoms with E-state index in [9.17, 15) is 9.90 Å². The number of aliphatic hydroxyl groups excluding tert-OH is 1. The average Bonchev–Trinajstić information content (AvgIpc) is 2.69. The lowest BCUT2D eigenvalue weighted by Crippen LogP contribution is -2.42. The van der Waals surface area contributed by atoms with Crippen LogP contribution in [-0.4, -0.2) is 49.8 Å². The fraction of sp³-hybridized carbons (Fsp3) is 0.619. The zero-order chi connectivity index (χ0) is 19.5. The number of hydrogen-bond donors (Lipinski definition) is 3. The van der Waals surface area contributed by atoms with Gasteiger partial charge < -0.3 is 20.6 Å². The standard InChI is InChI=1S/C21H34N4O2.HI/c1-3-8-17(12-14-26)15-23-21(22-4-2)24-16-20(27)25-13-7-10-18-9-5-6-11-19(18)25;/h5-6,9,11,17,26H,3-4,7-8,10,12-16H2,1-2H3,(H2,22,23,24);1H. The molecule has 1 unspecified atom stereocenters. The van der Waals surface area contributed by atoms with Gasteiger partial charge in [-0.05, 0) is 50.2 Å². The van der Waals surface area contributed by atoms with Gasteiger partial charge >= 0.3 is 0 Å². The van der Waals surface area contributed by atoms with Crippen LogP contribution in [0.2, 0.25) is 0 Å². The van der Waals surface area contributed by atoms with Gasteiger partial charge in [0.05, 0.1) is 0 Å². The Morgan fingerprint density at radius 1 is 1.25 bits per heavy atom. The lowest BCUT2D eigenvalue weighted by atomic mass is 10.0. The molecule has 2 rings (SSSR count). The van der Waals surface area contributed by atoms with Crippen molar-refractivity contribution in [2.75, 3.05) is 37.7 Å². The number of carbonyl (C=O) groups excluding carboxylic acids is 1. The van der Waals surface area contributed by atoms with Crippen LogP contribution in [0.25, 0.3) is 0 Å². The molecular weight excluding hydrogens is 467 g/mol. The average molecular weight is 502 g/mol. The number of hydrogen-bond acceptors (Lipinski definition) is 3. The topological polar surface area (TPSA) is 77.0 Å². The Kier molecular flexibility index (Phi) is 12.1. The number of benzene rings is 1. The molecule has 1 amide bonds. The van der Waals surface area contributed by atoms with Crippen LogP contribution in [-0.2, 0) is 11.2 Å². The van der Waals surface area contributed by atoms with E-state index in [1.165, 1.54) is 5.56 Å². The Morgan fingerprint density at radius 3 is 2.75 bits per heavy atom. The zero-order valence-electron chi connectivity index (χ0n) is 17.1. The molecule has 28 heavy (non-hydrogen) atoms. The van der Waals surface area contributed by atoms with Crippen LogP contribution in [0.15, 0.2) is 29.3 Å². The van der Waals surface area contributed by atoms with E-state index < -0.39 is 0 Å². The molecule has 0 radical (unpaired) electrons. The number of amides is 1. The van der Waals surface area contributed by atoms with E-state index in [1.54, 1.807) is 0 Å². The molecule has 0 fully saturated rings. The summed E-state index contributed by atoms with van der Waals surface area (Å²) < 4.78 is 0. The number of para-hydroxylation sites is 1. The van der Waals surface area contributed by atoms with Crippen LogP contribution in [0.5, 0.6) is 0 Å². The van der Waals surface area contributed by atoms with Crippen molar-refractivity contribution in [1.29, 1.82) is 0 Å². The number of carbonyl (C=O) groups is 1. The van der Waals surface area contributed by atoms with Crippen molar-refractivity contribution in [2.45, 2.75) is 46.0 Å². The fourth-order valence-corrected chi connectivity index (χ4v) is 3.55. The molecule has 1 aromatic carbocycles. The van der Waals surface area contributed by atoms with Crippen LogP contribution in [0.4, 0.5) is 5.69 Å². The smallest absolute Gasteiger partial charge is 0.248 e. The largest absolute Gasteiger partial charge is 0.396 e. The predicted molar refractivity (Wildman–Crippen MR) is 127 cm³/mol. The van der Waals surface area contributed by atoms with Crippen LogP contribution in [0.3, 0.4) is 0 Å². The number of aryl methyl sites for hydroxylation is 1. The summed E-state index contributed by atoms with van der Waals surface area (Å²) in [4.78, 5) is 19.1. The maximum Gasteiger partial charge on any atom is 0.248 e. The Morgan fingerprint density at radius 2 is 2.04 bits per heavy atom. The van der Waals surface area contributed by atoms with Crippen molar-refractivity contribution >= 4 is 41.5 Å². The second-order valence-corrected chi connectivity index (χ2v) is 7.02. The van der Waals surface area contributed by atoms with E-state index in [1.807, 2.05) is 30.0 Å². The number of fused-ring (bicyclic) bond motifs is 1. The van der Waals surface area contributed by atoms with Gasteiger partial charge in [0.15, 0.2) is 5.96 Å². The lowest BCUT2D eigenvalue weighted by Gasteiger charge is -2.29. The first-order valence-corrected chi connectivity index (χ1v) is 10.2. The highest BCUT2D eigenvalue weighted by molar-refractivity contribution is 14.0. The maximum absolute atomic E-state index is 12.7. The Hall–Kier alpha value is -1.35. The number of halogens is 1. The van der Waals surface area contributed by atoms with E-state index in [0.29, 0.717) is 11.9 Å². The summed E-state index contributed by atoms with van der Waals surface area (Å²) >= 11 is 0. The number of rotatable bonds is 9. The minimum absolute atomic E-state index is 0. The Balaban J connectivity index is 0.00000392. The molecule has 1 aliphatic heterocycles. The van der Waals surface area contributed by atoms with Crippen molar-refractivity contribution in [3.05, 3.63) is 29.8 Å². The number of anilines is 1. The van der Waals surface area contributed by atoms with Gasteiger partial charge in [-0.15, -0.1) is 24.0 Å². The molecule has 1 aromatic rings. The molecule has 1 aliphatic rings. The van der Waals surface area contributed by atoms with Gasteiger partial charge in [-0.25, -0.2) is 4.99 Å². The highest BCUT2D eigenvalue weighted by atomic mass is 127. The molecule has 0 aromatic heterocycles. The van der Waals surface area contributed by atoms with Crippen molar-refractivity contribution in [3.8, 4) is 0 Å². The van der Waals surface area contributed by atoms with E-state index in [-0.39, 0.29) is 43.0 Å². The Bertz CT molecular complexity index is 618. The van der Waals surface area contributed by atoms with Gasteiger partial charge in [-0.2, -0.15) is 0 Å². The first-order valence-electron chi connectivity index (χ1n) is 10.2. The van der Waals surface area contributed by atoms with Crippen molar-refractivity contribution in [3.63, 3.8) is 0 Å². The molecule has 0 saturated heterocycles. The lowest BCUT2D eigenvalue weighted by molar-refractivity contribution is -0.117. The summed E-state index contributed by atoms with van der Waals surface area (Å²) in [6, 6.07) is 8.12. The molecule has 0 spiro atoms. The summed E-state index contributed by atoms with van der Waals surface area (Å²) in [7, 11) is 0. The third-order valence-corrected chi connectivity index (χ3v) is 4.92. The molecule has 7 heteroatoms. The third kappa shape index (κ3) is 7.58. The summed E-state index contributed by atoms with van der Waals surface area (Å²) in [5.74, 6) is 1.10. The van der Waals surface area contributed by atoms with Gasteiger partial charge in [0.1, 0.15) is 6.54 Å². The molecule has 0 aliphatic carbocycles. The quantitative estimate of drug-likeness (QED) is 0.276. The van der Waals surface area contributed by atoms with Gasteiger partial charge in [0, 0.05) is 31.9 Å². The van der Waals surface area contributed by atoms with E-state index in [4.69, 9.17) is 0 Å². The zero-order valence-corrected chi connectivity index (χ0v) is 19.4. The summed E-state index contributed by atoms with van der Waals surface area (Å²) in [6.45, 7) is 6.74. The molecule has 0 saturated carbocycles. The van der Waals surface area contributed by atoms with E-state index >= 15 is 0 Å². The fourth-order valence-electron chi connectivity index (χ4n) is 3.55. The molecule has 6 nitrogen and oxygen atoms in total. The minimum Gasteiger partial charge on any atom is -0.396 e. The van der Waals surface area contributed by atoms with Gasteiger partial charge in [-0.1, -0.05) is 31.5 Å². The SMILES string of the molecule is CCCC(CCO)CNC(=NCC(=O)N1CCCc2ccccc21)NCC.I. The van der Waals surface area contributed by atoms with Crippen molar-refractivity contribution in [1.82, 2.24) is 10.6 Å². The second kappa shape index (κ2) is 13.8. The molecular formula is C21H35IN4O2. The normalized spacial score (nSPS) is 14.7. The molecule has 1 heterocycles. The predicted octanol–water partition coefficient (Wildman–Crippen LogP) is 2.94.